The number of rotatable bonds is 3. The predicted molar refractivity (Wildman–Crippen MR) is 93.4 cm³/mol. The quantitative estimate of drug-likeness (QED) is 0.929. The monoisotopic (exact) mass is 337 g/mol. The van der Waals surface area contributed by atoms with E-state index >= 15 is 0 Å². The lowest BCUT2D eigenvalue weighted by Crippen LogP contribution is -2.32. The van der Waals surface area contributed by atoms with Gasteiger partial charge in [-0.25, -0.2) is 0 Å². The van der Waals surface area contributed by atoms with Crippen LogP contribution in [-0.4, -0.2) is 11.7 Å². The van der Waals surface area contributed by atoms with Crippen molar-refractivity contribution < 1.29 is 9.47 Å². The molecule has 0 spiro atoms. The first-order valence-electron chi connectivity index (χ1n) is 7.98. The maximum Gasteiger partial charge on any atom is 0.258 e. The van der Waals surface area contributed by atoms with Gasteiger partial charge in [-0.3, -0.25) is 4.79 Å². The maximum absolute atomic E-state index is 13.1. The number of pyridine rings is 1. The van der Waals surface area contributed by atoms with Gasteiger partial charge < -0.3 is 19.8 Å². The molecule has 6 heteroatoms. The number of methoxy groups -OCH3 is 1. The van der Waals surface area contributed by atoms with Crippen LogP contribution in [0.25, 0.3) is 0 Å². The summed E-state index contributed by atoms with van der Waals surface area (Å²) in [6.45, 7) is 4.27. The molecule has 25 heavy (non-hydrogen) atoms. The van der Waals surface area contributed by atoms with Gasteiger partial charge in [0.05, 0.1) is 18.6 Å². The molecule has 0 saturated heterocycles. The lowest BCUT2D eigenvalue weighted by molar-refractivity contribution is 0.382. The van der Waals surface area contributed by atoms with E-state index in [-0.39, 0.29) is 17.0 Å². The minimum atomic E-state index is -0.629. The second-order valence-electron chi connectivity index (χ2n) is 5.78. The Bertz CT molecular complexity index is 967. The number of hydrogen-bond acceptors (Lipinski definition) is 5. The van der Waals surface area contributed by atoms with Crippen LogP contribution in [0.1, 0.15) is 29.7 Å². The molecule has 2 N–H and O–H groups in total. The third kappa shape index (κ3) is 2.54. The molecule has 128 valence electrons. The Hall–Kier alpha value is -3.20. The van der Waals surface area contributed by atoms with Gasteiger partial charge in [-0.1, -0.05) is 18.2 Å². The third-order valence-electron chi connectivity index (χ3n) is 4.46. The summed E-state index contributed by atoms with van der Waals surface area (Å²) in [6, 6.07) is 11.2. The molecule has 0 saturated carbocycles. The summed E-state index contributed by atoms with van der Waals surface area (Å²) in [5, 5.41) is 9.64. The van der Waals surface area contributed by atoms with Crippen molar-refractivity contribution in [2.75, 3.05) is 7.11 Å². The number of nitrogens with two attached hydrogens (primary N) is 1. The Morgan fingerprint density at radius 1 is 1.40 bits per heavy atom. The summed E-state index contributed by atoms with van der Waals surface area (Å²) in [7, 11) is 1.55. The number of allylic oxidation sites excluding steroid dienone is 1. The third-order valence-corrected chi connectivity index (χ3v) is 4.46. The van der Waals surface area contributed by atoms with Crippen LogP contribution in [0.5, 0.6) is 11.5 Å². The van der Waals surface area contributed by atoms with Crippen LogP contribution in [0.4, 0.5) is 0 Å². The Labute approximate surface area is 145 Å². The lowest BCUT2D eigenvalue weighted by atomic mass is 9.83. The minimum absolute atomic E-state index is 0.0129. The molecule has 6 nitrogen and oxygen atoms in total. The van der Waals surface area contributed by atoms with E-state index < -0.39 is 5.92 Å². The Kier molecular flexibility index (Phi) is 4.24. The number of fused-ring (bicyclic) bond motifs is 1. The first-order chi connectivity index (χ1) is 12.0. The number of ether oxygens (including phenoxy) is 2. The van der Waals surface area contributed by atoms with Crippen molar-refractivity contribution in [1.82, 2.24) is 4.57 Å². The molecule has 0 radical (unpaired) electrons. The van der Waals surface area contributed by atoms with E-state index in [0.29, 0.717) is 29.2 Å². The summed E-state index contributed by atoms with van der Waals surface area (Å²) in [5.74, 6) is 0.360. The Morgan fingerprint density at radius 2 is 2.12 bits per heavy atom. The highest BCUT2D eigenvalue weighted by Gasteiger charge is 2.35. The van der Waals surface area contributed by atoms with Gasteiger partial charge in [0.1, 0.15) is 23.1 Å². The van der Waals surface area contributed by atoms with E-state index in [0.717, 1.165) is 5.69 Å². The van der Waals surface area contributed by atoms with Crippen molar-refractivity contribution in [2.45, 2.75) is 26.3 Å². The molecule has 0 amide bonds. The molecule has 1 aromatic heterocycles. The van der Waals surface area contributed by atoms with Crippen molar-refractivity contribution in [3.05, 3.63) is 69.0 Å². The summed E-state index contributed by atoms with van der Waals surface area (Å²) in [5.41, 5.74) is 7.89. The number of para-hydroxylation sites is 1. The van der Waals surface area contributed by atoms with Crippen LogP contribution in [0.2, 0.25) is 0 Å². The summed E-state index contributed by atoms with van der Waals surface area (Å²) in [6.07, 6.45) is 0. The van der Waals surface area contributed by atoms with E-state index in [4.69, 9.17) is 15.2 Å². The topological polar surface area (TPSA) is 90.3 Å². The van der Waals surface area contributed by atoms with Gasteiger partial charge in [0, 0.05) is 23.9 Å². The van der Waals surface area contributed by atoms with Crippen LogP contribution in [0, 0.1) is 18.3 Å². The van der Waals surface area contributed by atoms with Gasteiger partial charge in [0.25, 0.3) is 5.56 Å². The Morgan fingerprint density at radius 3 is 2.76 bits per heavy atom. The summed E-state index contributed by atoms with van der Waals surface area (Å²) in [4.78, 5) is 13.1. The van der Waals surface area contributed by atoms with E-state index in [1.165, 1.54) is 0 Å². The maximum atomic E-state index is 13.1. The van der Waals surface area contributed by atoms with Crippen molar-refractivity contribution >= 4 is 0 Å². The summed E-state index contributed by atoms with van der Waals surface area (Å²) >= 11 is 0. The molecule has 0 bridgehead atoms. The highest BCUT2D eigenvalue weighted by Crippen LogP contribution is 2.43. The van der Waals surface area contributed by atoms with Gasteiger partial charge in [0.2, 0.25) is 5.88 Å². The van der Waals surface area contributed by atoms with E-state index in [2.05, 4.69) is 6.07 Å². The Balaban J connectivity index is 2.38. The molecular formula is C19H19N3O3. The molecule has 0 aliphatic carbocycles. The van der Waals surface area contributed by atoms with Crippen LogP contribution in [-0.2, 0) is 6.54 Å². The number of aryl methyl sites for hydroxylation is 1. The largest absolute Gasteiger partial charge is 0.496 e. The molecule has 2 aromatic rings. The predicted octanol–water partition coefficient (Wildman–Crippen LogP) is 2.40. The zero-order chi connectivity index (χ0) is 18.1. The second kappa shape index (κ2) is 6.36. The smallest absolute Gasteiger partial charge is 0.258 e. The van der Waals surface area contributed by atoms with Gasteiger partial charge >= 0.3 is 0 Å². The van der Waals surface area contributed by atoms with E-state index in [1.807, 2.05) is 32.0 Å². The zero-order valence-corrected chi connectivity index (χ0v) is 14.4. The number of aromatic nitrogens is 1. The molecule has 1 aliphatic heterocycles. The lowest BCUT2D eigenvalue weighted by Gasteiger charge is -2.28. The average Bonchev–Trinajstić information content (AvgIpc) is 2.60. The van der Waals surface area contributed by atoms with Crippen molar-refractivity contribution in [2.24, 2.45) is 5.73 Å². The second-order valence-corrected chi connectivity index (χ2v) is 5.78. The SMILES string of the molecule is CCn1c(C)cc2c(c1=O)C(c1ccccc1OC)C(C#N)=C(N)O2. The van der Waals surface area contributed by atoms with Gasteiger partial charge in [-0.05, 0) is 19.9 Å². The fourth-order valence-electron chi connectivity index (χ4n) is 3.30. The van der Waals surface area contributed by atoms with Crippen LogP contribution in [0.3, 0.4) is 0 Å². The molecule has 1 atom stereocenters. The van der Waals surface area contributed by atoms with Gasteiger partial charge in [-0.2, -0.15) is 5.26 Å². The highest BCUT2D eigenvalue weighted by atomic mass is 16.5. The first-order valence-corrected chi connectivity index (χ1v) is 7.98. The van der Waals surface area contributed by atoms with Crippen molar-refractivity contribution in [3.63, 3.8) is 0 Å². The van der Waals surface area contributed by atoms with E-state index in [9.17, 15) is 10.1 Å². The van der Waals surface area contributed by atoms with Crippen LogP contribution < -0.4 is 20.8 Å². The fourth-order valence-corrected chi connectivity index (χ4v) is 3.30. The average molecular weight is 337 g/mol. The van der Waals surface area contributed by atoms with Crippen LogP contribution >= 0.6 is 0 Å². The molecule has 1 aromatic carbocycles. The number of hydrogen-bond donors (Lipinski definition) is 1. The van der Waals surface area contributed by atoms with Gasteiger partial charge in [-0.15, -0.1) is 0 Å². The molecular weight excluding hydrogens is 318 g/mol. The van der Waals surface area contributed by atoms with Gasteiger partial charge in [0.15, 0.2) is 0 Å². The van der Waals surface area contributed by atoms with Crippen molar-refractivity contribution in [1.29, 1.82) is 5.26 Å². The molecule has 2 heterocycles. The van der Waals surface area contributed by atoms with E-state index in [1.54, 1.807) is 23.8 Å². The van der Waals surface area contributed by atoms with Crippen LogP contribution in [0.15, 0.2) is 46.6 Å². The number of benzene rings is 1. The molecule has 1 aliphatic rings. The minimum Gasteiger partial charge on any atom is -0.496 e. The number of nitrogens with zero attached hydrogens (tertiary/aromatic N) is 2. The molecule has 3 rings (SSSR count). The molecule has 1 unspecified atom stereocenters. The number of nitriles is 1. The zero-order valence-electron chi connectivity index (χ0n) is 14.4. The summed E-state index contributed by atoms with van der Waals surface area (Å²) < 4.78 is 12.7. The molecule has 0 fully saturated rings. The first kappa shape index (κ1) is 16.7. The standard InChI is InChI=1S/C19H19N3O3/c1-4-22-11(2)9-15-17(19(22)23)16(13(10-20)18(21)25-15)12-7-5-6-8-14(12)24-3/h5-9,16H,4,21H2,1-3H3. The normalized spacial score (nSPS) is 16.0. The van der Waals surface area contributed by atoms with Crippen molar-refractivity contribution in [3.8, 4) is 17.6 Å². The highest BCUT2D eigenvalue weighted by molar-refractivity contribution is 5.58. The fraction of sp³-hybridized carbons (Fsp3) is 0.263.